The molecule has 1 aromatic carbocycles. The Hall–Kier alpha value is -1.82. The summed E-state index contributed by atoms with van der Waals surface area (Å²) >= 11 is 2.98. The average Bonchev–Trinajstić information content (AvgIpc) is 2.79. The molecule has 0 aliphatic heterocycles. The molecule has 0 spiro atoms. The topological polar surface area (TPSA) is 74.0 Å². The molecule has 88 valence electrons. The van der Waals surface area contributed by atoms with Gasteiger partial charge in [0.15, 0.2) is 0 Å². The van der Waals surface area contributed by atoms with Crippen molar-refractivity contribution in [2.24, 2.45) is 0 Å². The lowest BCUT2D eigenvalue weighted by Crippen LogP contribution is -2.42. The molecule has 0 aliphatic carbocycles. The van der Waals surface area contributed by atoms with Crippen LogP contribution in [-0.2, 0) is 4.79 Å². The average molecular weight is 296 g/mol. The number of amides is 2. The molecule has 0 radical (unpaired) electrons. The molecule has 2 amide bonds. The number of fused-ring (bicyclic) bond motifs is 1. The third-order valence-electron chi connectivity index (χ3n) is 2.21. The van der Waals surface area contributed by atoms with Gasteiger partial charge in [-0.2, -0.15) is 0 Å². The number of benzene rings is 1. The van der Waals surface area contributed by atoms with Gasteiger partial charge in [-0.05, 0) is 12.1 Å². The summed E-state index contributed by atoms with van der Waals surface area (Å²) in [7, 11) is 0. The highest BCUT2D eigenvalue weighted by molar-refractivity contribution is 9.09. The third kappa shape index (κ3) is 2.65. The van der Waals surface area contributed by atoms with E-state index in [-0.39, 0.29) is 17.1 Å². The van der Waals surface area contributed by atoms with E-state index in [9.17, 15) is 9.59 Å². The summed E-state index contributed by atoms with van der Waals surface area (Å²) in [5.41, 5.74) is 5.86. The van der Waals surface area contributed by atoms with Crippen LogP contribution in [0.3, 0.4) is 0 Å². The minimum Gasteiger partial charge on any atom is -0.350 e. The number of halogens is 1. The van der Waals surface area contributed by atoms with E-state index in [0.29, 0.717) is 5.69 Å². The van der Waals surface area contributed by atoms with Crippen LogP contribution in [0.1, 0.15) is 10.5 Å². The summed E-state index contributed by atoms with van der Waals surface area (Å²) in [4.78, 5) is 25.6. The van der Waals surface area contributed by atoms with Crippen LogP contribution in [0, 0.1) is 0 Å². The van der Waals surface area contributed by atoms with Gasteiger partial charge in [-0.3, -0.25) is 20.4 Å². The van der Waals surface area contributed by atoms with Crippen LogP contribution >= 0.6 is 15.9 Å². The van der Waals surface area contributed by atoms with Crippen molar-refractivity contribution < 1.29 is 9.59 Å². The molecule has 0 unspecified atom stereocenters. The van der Waals surface area contributed by atoms with Gasteiger partial charge < -0.3 is 4.98 Å². The number of para-hydroxylation sites is 1. The Kier molecular flexibility index (Phi) is 3.43. The molecule has 1 aromatic heterocycles. The highest BCUT2D eigenvalue weighted by Gasteiger charge is 2.09. The SMILES string of the molecule is O=C(CBr)NNC(=O)c1cc2ccccc2[nH]1. The Balaban J connectivity index is 2.11. The number of H-pyrrole nitrogens is 1. The Morgan fingerprint density at radius 3 is 2.71 bits per heavy atom. The fraction of sp³-hybridized carbons (Fsp3) is 0.0909. The molecule has 0 aliphatic rings. The molecule has 1 heterocycles. The van der Waals surface area contributed by atoms with Crippen molar-refractivity contribution in [1.29, 1.82) is 0 Å². The molecule has 5 nitrogen and oxygen atoms in total. The van der Waals surface area contributed by atoms with Crippen LogP contribution in [0.4, 0.5) is 0 Å². The highest BCUT2D eigenvalue weighted by Crippen LogP contribution is 2.14. The van der Waals surface area contributed by atoms with Crippen molar-refractivity contribution in [2.45, 2.75) is 0 Å². The Bertz CT molecular complexity index is 532. The quantitative estimate of drug-likeness (QED) is 0.577. The van der Waals surface area contributed by atoms with Crippen molar-refractivity contribution in [3.63, 3.8) is 0 Å². The minimum absolute atomic E-state index is 0.139. The van der Waals surface area contributed by atoms with E-state index in [1.807, 2.05) is 24.3 Å². The predicted molar refractivity (Wildman–Crippen MR) is 67.7 cm³/mol. The van der Waals surface area contributed by atoms with E-state index >= 15 is 0 Å². The van der Waals surface area contributed by atoms with Crippen molar-refractivity contribution in [2.75, 3.05) is 5.33 Å². The van der Waals surface area contributed by atoms with Gasteiger partial charge in [-0.15, -0.1) is 0 Å². The third-order valence-corrected chi connectivity index (χ3v) is 2.72. The molecule has 0 bridgehead atoms. The monoisotopic (exact) mass is 295 g/mol. The van der Waals surface area contributed by atoms with Gasteiger partial charge >= 0.3 is 0 Å². The van der Waals surface area contributed by atoms with Gasteiger partial charge in [0.05, 0.1) is 5.33 Å². The van der Waals surface area contributed by atoms with Crippen LogP contribution in [0.25, 0.3) is 10.9 Å². The molecule has 6 heteroatoms. The van der Waals surface area contributed by atoms with Crippen LogP contribution in [0.5, 0.6) is 0 Å². The first-order valence-electron chi connectivity index (χ1n) is 4.93. The summed E-state index contributed by atoms with van der Waals surface area (Å²) in [5.74, 6) is -0.690. The molecule has 0 fully saturated rings. The zero-order valence-electron chi connectivity index (χ0n) is 8.79. The number of nitrogens with one attached hydrogen (secondary N) is 3. The lowest BCUT2D eigenvalue weighted by molar-refractivity contribution is -0.119. The fourth-order valence-electron chi connectivity index (χ4n) is 1.42. The minimum atomic E-state index is -0.379. The number of carbonyl (C=O) groups excluding carboxylic acids is 2. The summed E-state index contributed by atoms with van der Waals surface area (Å²) in [6, 6.07) is 9.28. The molecule has 0 atom stereocenters. The van der Waals surface area contributed by atoms with E-state index in [0.717, 1.165) is 10.9 Å². The maximum atomic E-state index is 11.7. The summed E-state index contributed by atoms with van der Waals surface area (Å²) in [6.07, 6.45) is 0. The smallest absolute Gasteiger partial charge is 0.286 e. The van der Waals surface area contributed by atoms with Crippen molar-refractivity contribution in [3.05, 3.63) is 36.0 Å². The van der Waals surface area contributed by atoms with E-state index in [4.69, 9.17) is 0 Å². The molecular weight excluding hydrogens is 286 g/mol. The standard InChI is InChI=1S/C11H10BrN3O2/c12-6-10(16)14-15-11(17)9-5-7-3-1-2-4-8(7)13-9/h1-5,13H,6H2,(H,14,16)(H,15,17). The first kappa shape index (κ1) is 11.7. The molecule has 3 N–H and O–H groups in total. The van der Waals surface area contributed by atoms with Gasteiger partial charge in [-0.25, -0.2) is 0 Å². The van der Waals surface area contributed by atoms with E-state index in [1.165, 1.54) is 0 Å². The normalized spacial score (nSPS) is 10.2. The van der Waals surface area contributed by atoms with Gasteiger partial charge in [0, 0.05) is 10.9 Å². The number of aromatic nitrogens is 1. The molecule has 0 saturated heterocycles. The van der Waals surface area contributed by atoms with Crippen LogP contribution in [0.2, 0.25) is 0 Å². The fourth-order valence-corrected chi connectivity index (χ4v) is 1.56. The Labute approximate surface area is 106 Å². The second-order valence-corrected chi connectivity index (χ2v) is 3.97. The van der Waals surface area contributed by atoms with Crippen LogP contribution < -0.4 is 10.9 Å². The number of rotatable bonds is 2. The number of hydrazine groups is 1. The molecule has 17 heavy (non-hydrogen) atoms. The van der Waals surface area contributed by atoms with E-state index in [1.54, 1.807) is 6.07 Å². The predicted octanol–water partition coefficient (Wildman–Crippen LogP) is 1.32. The lowest BCUT2D eigenvalue weighted by Gasteiger charge is -2.03. The van der Waals surface area contributed by atoms with Crippen LogP contribution in [0.15, 0.2) is 30.3 Å². The second-order valence-electron chi connectivity index (χ2n) is 3.41. The number of alkyl halides is 1. The molecule has 0 saturated carbocycles. The molecule has 2 rings (SSSR count). The largest absolute Gasteiger partial charge is 0.350 e. The maximum absolute atomic E-state index is 11.7. The summed E-state index contributed by atoms with van der Waals surface area (Å²) in [5, 5.41) is 1.09. The second kappa shape index (κ2) is 5.01. The lowest BCUT2D eigenvalue weighted by atomic mass is 10.2. The van der Waals surface area contributed by atoms with Crippen LogP contribution in [-0.4, -0.2) is 22.1 Å². The summed E-state index contributed by atoms with van der Waals surface area (Å²) < 4.78 is 0. The van der Waals surface area contributed by atoms with E-state index < -0.39 is 0 Å². The van der Waals surface area contributed by atoms with Gasteiger partial charge in [0.2, 0.25) is 5.91 Å². The first-order chi connectivity index (χ1) is 8.20. The molecular formula is C11H10BrN3O2. The first-order valence-corrected chi connectivity index (χ1v) is 6.06. The number of aromatic amines is 1. The maximum Gasteiger partial charge on any atom is 0.286 e. The van der Waals surface area contributed by atoms with Crippen molar-refractivity contribution in [3.8, 4) is 0 Å². The Morgan fingerprint density at radius 2 is 2.00 bits per heavy atom. The highest BCUT2D eigenvalue weighted by atomic mass is 79.9. The van der Waals surface area contributed by atoms with Gasteiger partial charge in [-0.1, -0.05) is 34.1 Å². The number of carbonyl (C=O) groups is 2. The summed E-state index contributed by atoms with van der Waals surface area (Å²) in [6.45, 7) is 0. The van der Waals surface area contributed by atoms with Crippen molar-refractivity contribution >= 4 is 38.6 Å². The number of hydrogen-bond acceptors (Lipinski definition) is 2. The molecule has 2 aromatic rings. The number of hydrogen-bond donors (Lipinski definition) is 3. The van der Waals surface area contributed by atoms with E-state index in [2.05, 4.69) is 31.8 Å². The van der Waals surface area contributed by atoms with Gasteiger partial charge in [0.1, 0.15) is 5.69 Å². The van der Waals surface area contributed by atoms with Gasteiger partial charge in [0.25, 0.3) is 5.91 Å². The zero-order valence-corrected chi connectivity index (χ0v) is 10.4. The zero-order chi connectivity index (χ0) is 12.3. The Morgan fingerprint density at radius 1 is 1.24 bits per heavy atom. The van der Waals surface area contributed by atoms with Crippen molar-refractivity contribution in [1.82, 2.24) is 15.8 Å².